The van der Waals surface area contributed by atoms with Crippen molar-refractivity contribution in [1.29, 1.82) is 0 Å². The fourth-order valence-electron chi connectivity index (χ4n) is 2.85. The Labute approximate surface area is 187 Å². The minimum Gasteiger partial charge on any atom is -0.484 e. The van der Waals surface area contributed by atoms with Crippen LogP contribution in [0.3, 0.4) is 0 Å². The number of hydrogen-bond acceptors (Lipinski definition) is 4. The molecule has 8 heteroatoms. The largest absolute Gasteiger partial charge is 0.484 e. The van der Waals surface area contributed by atoms with Gasteiger partial charge >= 0.3 is 0 Å². The maximum Gasteiger partial charge on any atom is 0.258 e. The highest BCUT2D eigenvalue weighted by Crippen LogP contribution is 2.20. The van der Waals surface area contributed by atoms with Crippen molar-refractivity contribution in [3.05, 3.63) is 95.0 Å². The normalized spacial score (nSPS) is 11.3. The highest BCUT2D eigenvalue weighted by Gasteiger charge is 2.21. The first-order chi connectivity index (χ1) is 14.9. The first-order valence-electron chi connectivity index (χ1n) is 9.59. The lowest BCUT2D eigenvalue weighted by atomic mass is 10.2. The summed E-state index contributed by atoms with van der Waals surface area (Å²) in [6, 6.07) is 22.6. The Morgan fingerprint density at radius 1 is 0.968 bits per heavy atom. The Morgan fingerprint density at radius 3 is 2.29 bits per heavy atom. The Kier molecular flexibility index (Phi) is 7.68. The predicted molar refractivity (Wildman–Crippen MR) is 120 cm³/mol. The standard InChI is InChI=1S/C23H23ClN2O4S/c1-26(16-18-7-3-2-4-8-18)31(28,29)21-13-11-20(12-14-21)30-17-23(27)25-15-19-9-5-6-10-22(19)24/h2-14H,15-17H2,1H3,(H,25,27). The number of sulfonamides is 1. The lowest BCUT2D eigenvalue weighted by Gasteiger charge is -2.17. The average Bonchev–Trinajstić information content (AvgIpc) is 2.78. The molecule has 1 amide bonds. The van der Waals surface area contributed by atoms with Crippen LogP contribution in [0.4, 0.5) is 0 Å². The fourth-order valence-corrected chi connectivity index (χ4v) is 4.21. The van der Waals surface area contributed by atoms with Crippen molar-refractivity contribution in [1.82, 2.24) is 9.62 Å². The summed E-state index contributed by atoms with van der Waals surface area (Å²) in [4.78, 5) is 12.2. The van der Waals surface area contributed by atoms with E-state index in [1.54, 1.807) is 6.07 Å². The van der Waals surface area contributed by atoms with Crippen molar-refractivity contribution >= 4 is 27.5 Å². The van der Waals surface area contributed by atoms with Gasteiger partial charge in [0, 0.05) is 25.2 Å². The lowest BCUT2D eigenvalue weighted by Crippen LogP contribution is -2.28. The number of nitrogens with zero attached hydrogens (tertiary/aromatic N) is 1. The molecule has 3 aromatic rings. The summed E-state index contributed by atoms with van der Waals surface area (Å²) in [5.74, 6) is 0.0942. The molecule has 0 unspecified atom stereocenters. The summed E-state index contributed by atoms with van der Waals surface area (Å²) >= 11 is 6.06. The van der Waals surface area contributed by atoms with Gasteiger partial charge in [-0.2, -0.15) is 4.31 Å². The van der Waals surface area contributed by atoms with Crippen molar-refractivity contribution in [3.63, 3.8) is 0 Å². The molecular formula is C23H23ClN2O4S. The molecule has 0 aliphatic carbocycles. The molecule has 1 N–H and O–H groups in total. The number of ether oxygens (including phenoxy) is 1. The molecule has 31 heavy (non-hydrogen) atoms. The molecule has 0 atom stereocenters. The van der Waals surface area contributed by atoms with Gasteiger partial charge in [-0.25, -0.2) is 8.42 Å². The molecule has 0 aromatic heterocycles. The van der Waals surface area contributed by atoms with Crippen LogP contribution in [0.2, 0.25) is 5.02 Å². The summed E-state index contributed by atoms with van der Waals surface area (Å²) in [5.41, 5.74) is 1.71. The van der Waals surface area contributed by atoms with E-state index in [-0.39, 0.29) is 24.0 Å². The van der Waals surface area contributed by atoms with Gasteiger partial charge in [0.1, 0.15) is 5.75 Å². The second-order valence-electron chi connectivity index (χ2n) is 6.87. The van der Waals surface area contributed by atoms with E-state index < -0.39 is 10.0 Å². The Morgan fingerprint density at radius 2 is 1.61 bits per heavy atom. The summed E-state index contributed by atoms with van der Waals surface area (Å²) in [6.45, 7) is 0.379. The van der Waals surface area contributed by atoms with E-state index in [0.29, 0.717) is 17.3 Å². The van der Waals surface area contributed by atoms with Gasteiger partial charge in [0.05, 0.1) is 4.90 Å². The number of hydrogen-bond donors (Lipinski definition) is 1. The summed E-state index contributed by atoms with van der Waals surface area (Å²) in [5, 5.41) is 3.31. The molecule has 3 rings (SSSR count). The number of halogens is 1. The molecule has 3 aromatic carbocycles. The molecule has 0 radical (unpaired) electrons. The Hall–Kier alpha value is -2.87. The number of rotatable bonds is 9. The minimum atomic E-state index is -3.64. The molecule has 0 heterocycles. The van der Waals surface area contributed by atoms with Crippen molar-refractivity contribution in [2.45, 2.75) is 18.0 Å². The summed E-state index contributed by atoms with van der Waals surface area (Å²) < 4.78 is 32.3. The van der Waals surface area contributed by atoms with Gasteiger partial charge in [-0.1, -0.05) is 60.1 Å². The minimum absolute atomic E-state index is 0.154. The number of carbonyl (C=O) groups is 1. The lowest BCUT2D eigenvalue weighted by molar-refractivity contribution is -0.123. The highest BCUT2D eigenvalue weighted by atomic mass is 35.5. The number of benzene rings is 3. The van der Waals surface area contributed by atoms with Crippen molar-refractivity contribution < 1.29 is 17.9 Å². The monoisotopic (exact) mass is 458 g/mol. The van der Waals surface area contributed by atoms with E-state index in [1.807, 2.05) is 48.5 Å². The van der Waals surface area contributed by atoms with E-state index in [0.717, 1.165) is 11.1 Å². The van der Waals surface area contributed by atoms with Gasteiger partial charge < -0.3 is 10.1 Å². The van der Waals surface area contributed by atoms with Crippen molar-refractivity contribution in [2.24, 2.45) is 0 Å². The van der Waals surface area contributed by atoms with Crippen LogP contribution < -0.4 is 10.1 Å². The van der Waals surface area contributed by atoms with E-state index in [1.165, 1.54) is 35.6 Å². The third-order valence-electron chi connectivity index (χ3n) is 4.58. The zero-order valence-corrected chi connectivity index (χ0v) is 18.6. The number of carbonyl (C=O) groups excluding carboxylic acids is 1. The van der Waals surface area contributed by atoms with Gasteiger partial charge in [0.25, 0.3) is 5.91 Å². The average molecular weight is 459 g/mol. The molecule has 0 fully saturated rings. The smallest absolute Gasteiger partial charge is 0.258 e. The van der Waals surface area contributed by atoms with Crippen LogP contribution in [-0.2, 0) is 27.9 Å². The first-order valence-corrected chi connectivity index (χ1v) is 11.4. The second-order valence-corrected chi connectivity index (χ2v) is 9.33. The Bertz CT molecular complexity index is 1120. The van der Waals surface area contributed by atoms with Crippen molar-refractivity contribution in [2.75, 3.05) is 13.7 Å². The maximum absolute atomic E-state index is 12.8. The quantitative estimate of drug-likeness (QED) is 0.528. The van der Waals surface area contributed by atoms with E-state index in [9.17, 15) is 13.2 Å². The Balaban J connectivity index is 1.53. The molecule has 0 spiro atoms. The van der Waals surface area contributed by atoms with Crippen LogP contribution in [0, 0.1) is 0 Å². The number of nitrogens with one attached hydrogen (secondary N) is 1. The van der Waals surface area contributed by atoms with Gasteiger partial charge in [-0.05, 0) is 41.5 Å². The zero-order chi connectivity index (χ0) is 22.3. The van der Waals surface area contributed by atoms with Crippen LogP contribution in [0.1, 0.15) is 11.1 Å². The van der Waals surface area contributed by atoms with Gasteiger partial charge in [-0.3, -0.25) is 4.79 Å². The zero-order valence-electron chi connectivity index (χ0n) is 17.0. The van der Waals surface area contributed by atoms with Crippen LogP contribution in [0.15, 0.2) is 83.8 Å². The molecule has 0 aliphatic heterocycles. The van der Waals surface area contributed by atoms with Crippen LogP contribution >= 0.6 is 11.6 Å². The molecular weight excluding hydrogens is 436 g/mol. The molecule has 162 valence electrons. The second kappa shape index (κ2) is 10.4. The van der Waals surface area contributed by atoms with Gasteiger partial charge in [0.15, 0.2) is 6.61 Å². The van der Waals surface area contributed by atoms with Gasteiger partial charge in [0.2, 0.25) is 10.0 Å². The van der Waals surface area contributed by atoms with E-state index in [4.69, 9.17) is 16.3 Å². The molecule has 0 bridgehead atoms. The van der Waals surface area contributed by atoms with E-state index >= 15 is 0 Å². The maximum atomic E-state index is 12.8. The third-order valence-corrected chi connectivity index (χ3v) is 6.77. The SMILES string of the molecule is CN(Cc1ccccc1)S(=O)(=O)c1ccc(OCC(=O)NCc2ccccc2Cl)cc1. The first kappa shape index (κ1) is 22.8. The predicted octanol–water partition coefficient (Wildman–Crippen LogP) is 3.86. The third kappa shape index (κ3) is 6.30. The highest BCUT2D eigenvalue weighted by molar-refractivity contribution is 7.89. The van der Waals surface area contributed by atoms with Crippen LogP contribution in [-0.4, -0.2) is 32.3 Å². The fraction of sp³-hybridized carbons (Fsp3) is 0.174. The molecule has 6 nitrogen and oxygen atoms in total. The van der Waals surface area contributed by atoms with Gasteiger partial charge in [-0.15, -0.1) is 0 Å². The molecule has 0 saturated heterocycles. The van der Waals surface area contributed by atoms with Crippen LogP contribution in [0.25, 0.3) is 0 Å². The topological polar surface area (TPSA) is 75.7 Å². The molecule has 0 saturated carbocycles. The van der Waals surface area contributed by atoms with E-state index in [2.05, 4.69) is 5.32 Å². The molecule has 0 aliphatic rings. The summed E-state index contributed by atoms with van der Waals surface area (Å²) in [7, 11) is -2.10. The number of amides is 1. The van der Waals surface area contributed by atoms with Crippen LogP contribution in [0.5, 0.6) is 5.75 Å². The van der Waals surface area contributed by atoms with Crippen molar-refractivity contribution in [3.8, 4) is 5.75 Å². The summed E-state index contributed by atoms with van der Waals surface area (Å²) in [6.07, 6.45) is 0.